The van der Waals surface area contributed by atoms with E-state index in [1.54, 1.807) is 0 Å². The zero-order chi connectivity index (χ0) is 13.3. The van der Waals surface area contributed by atoms with E-state index in [2.05, 4.69) is 16.5 Å². The summed E-state index contributed by atoms with van der Waals surface area (Å²) < 4.78 is 7.86. The van der Waals surface area contributed by atoms with Crippen LogP contribution in [0.15, 0.2) is 18.5 Å². The Labute approximate surface area is 117 Å². The molecule has 5 heteroatoms. The molecule has 0 unspecified atom stereocenters. The third-order valence-corrected chi connectivity index (χ3v) is 4.14. The predicted molar refractivity (Wildman–Crippen MR) is 75.7 cm³/mol. The first-order valence-corrected chi connectivity index (χ1v) is 7.23. The number of hydrogen-bond acceptors (Lipinski definition) is 3. The zero-order valence-corrected chi connectivity index (χ0v) is 11.9. The molecule has 0 amide bonds. The number of pyridine rings is 1. The Kier molecular flexibility index (Phi) is 3.46. The minimum Gasteiger partial charge on any atom is -0.381 e. The summed E-state index contributed by atoms with van der Waals surface area (Å²) in [5, 5.41) is 0. The summed E-state index contributed by atoms with van der Waals surface area (Å²) in [5.41, 5.74) is 2.17. The van der Waals surface area contributed by atoms with Crippen molar-refractivity contribution in [2.24, 2.45) is 0 Å². The lowest BCUT2D eigenvalue weighted by molar-refractivity contribution is 0.0301. The summed E-state index contributed by atoms with van der Waals surface area (Å²) in [5.74, 6) is 1.64. The number of fused-ring (bicyclic) bond motifs is 1. The van der Waals surface area contributed by atoms with Crippen LogP contribution >= 0.6 is 11.6 Å². The summed E-state index contributed by atoms with van der Waals surface area (Å²) in [7, 11) is 0. The Balaban J connectivity index is 2.16. The SMILES string of the molecule is CC1(n2c(CCCl)nc3cnccc32)CCOCC1. The molecule has 3 heterocycles. The van der Waals surface area contributed by atoms with Crippen molar-refractivity contribution >= 4 is 22.6 Å². The number of aryl methyl sites for hydroxylation is 1. The minimum atomic E-state index is 0.0652. The van der Waals surface area contributed by atoms with E-state index >= 15 is 0 Å². The quantitative estimate of drug-likeness (QED) is 0.811. The fourth-order valence-corrected chi connectivity index (χ4v) is 3.04. The number of ether oxygens (including phenoxy) is 1. The van der Waals surface area contributed by atoms with Crippen LogP contribution in [0.2, 0.25) is 0 Å². The van der Waals surface area contributed by atoms with E-state index in [1.165, 1.54) is 0 Å². The summed E-state index contributed by atoms with van der Waals surface area (Å²) in [4.78, 5) is 8.86. The van der Waals surface area contributed by atoms with Crippen molar-refractivity contribution in [2.45, 2.75) is 31.7 Å². The van der Waals surface area contributed by atoms with Crippen LogP contribution in [-0.4, -0.2) is 33.6 Å². The molecule has 1 fully saturated rings. The summed E-state index contributed by atoms with van der Waals surface area (Å²) in [6, 6.07) is 2.04. The standard InChI is InChI=1S/C14H18ClN3O/c1-14(4-8-19-9-5-14)18-12-3-7-16-10-11(12)17-13(18)2-6-15/h3,7,10H,2,4-6,8-9H2,1H3. The molecule has 0 aromatic carbocycles. The molecule has 2 aromatic rings. The molecule has 0 atom stereocenters. The molecule has 0 radical (unpaired) electrons. The normalized spacial score (nSPS) is 18.8. The van der Waals surface area contributed by atoms with E-state index in [-0.39, 0.29) is 5.54 Å². The van der Waals surface area contributed by atoms with Gasteiger partial charge in [-0.2, -0.15) is 0 Å². The van der Waals surface area contributed by atoms with Crippen molar-refractivity contribution in [2.75, 3.05) is 19.1 Å². The first kappa shape index (κ1) is 12.9. The number of aromatic nitrogens is 3. The number of halogens is 1. The molecule has 2 aromatic heterocycles. The van der Waals surface area contributed by atoms with Gasteiger partial charge in [0.15, 0.2) is 0 Å². The number of alkyl halides is 1. The van der Waals surface area contributed by atoms with Gasteiger partial charge in [-0.1, -0.05) is 0 Å². The Hall–Kier alpha value is -1.13. The molecule has 102 valence electrons. The van der Waals surface area contributed by atoms with Gasteiger partial charge in [-0.25, -0.2) is 4.98 Å². The molecule has 4 nitrogen and oxygen atoms in total. The number of nitrogens with zero attached hydrogens (tertiary/aromatic N) is 3. The monoisotopic (exact) mass is 279 g/mol. The van der Waals surface area contributed by atoms with Crippen molar-refractivity contribution in [3.63, 3.8) is 0 Å². The molecular weight excluding hydrogens is 262 g/mol. The van der Waals surface area contributed by atoms with Gasteiger partial charge in [0.25, 0.3) is 0 Å². The largest absolute Gasteiger partial charge is 0.381 e. The van der Waals surface area contributed by atoms with Gasteiger partial charge in [0.2, 0.25) is 0 Å². The van der Waals surface area contributed by atoms with Gasteiger partial charge in [0.05, 0.1) is 11.7 Å². The maximum Gasteiger partial charge on any atom is 0.111 e. The second-order valence-corrected chi connectivity index (χ2v) is 5.65. The average Bonchev–Trinajstić information content (AvgIpc) is 2.78. The molecule has 0 bridgehead atoms. The van der Waals surface area contributed by atoms with Crippen LogP contribution < -0.4 is 0 Å². The maximum absolute atomic E-state index is 5.93. The van der Waals surface area contributed by atoms with Gasteiger partial charge in [-0.05, 0) is 25.8 Å². The Bertz CT molecular complexity index is 575. The third-order valence-electron chi connectivity index (χ3n) is 3.95. The van der Waals surface area contributed by atoms with Gasteiger partial charge in [-0.15, -0.1) is 11.6 Å². The molecular formula is C14H18ClN3O. The fourth-order valence-electron chi connectivity index (χ4n) is 2.87. The van der Waals surface area contributed by atoms with Crippen LogP contribution in [0.3, 0.4) is 0 Å². The molecule has 1 aliphatic heterocycles. The van der Waals surface area contributed by atoms with E-state index in [0.29, 0.717) is 5.88 Å². The lowest BCUT2D eigenvalue weighted by atomic mass is 9.91. The number of imidazole rings is 1. The van der Waals surface area contributed by atoms with Crippen LogP contribution in [0, 0.1) is 0 Å². The van der Waals surface area contributed by atoms with E-state index in [9.17, 15) is 0 Å². The number of rotatable bonds is 3. The highest BCUT2D eigenvalue weighted by molar-refractivity contribution is 6.17. The van der Waals surface area contributed by atoms with Gasteiger partial charge in [0, 0.05) is 37.3 Å². The Morgan fingerprint density at radius 3 is 2.95 bits per heavy atom. The maximum atomic E-state index is 5.93. The highest BCUT2D eigenvalue weighted by Gasteiger charge is 2.32. The van der Waals surface area contributed by atoms with Crippen LogP contribution in [0.4, 0.5) is 0 Å². The molecule has 1 aliphatic rings. The Morgan fingerprint density at radius 2 is 2.21 bits per heavy atom. The lowest BCUT2D eigenvalue weighted by Crippen LogP contribution is -2.37. The predicted octanol–water partition coefficient (Wildman–Crippen LogP) is 2.74. The van der Waals surface area contributed by atoms with Crippen LogP contribution in [-0.2, 0) is 16.7 Å². The summed E-state index contributed by atoms with van der Waals surface area (Å²) in [6.45, 7) is 3.90. The summed E-state index contributed by atoms with van der Waals surface area (Å²) >= 11 is 5.93. The fraction of sp³-hybridized carbons (Fsp3) is 0.571. The van der Waals surface area contributed by atoms with E-state index in [0.717, 1.165) is 49.3 Å². The van der Waals surface area contributed by atoms with Gasteiger partial charge < -0.3 is 9.30 Å². The van der Waals surface area contributed by atoms with Gasteiger partial charge >= 0.3 is 0 Å². The average molecular weight is 280 g/mol. The lowest BCUT2D eigenvalue weighted by Gasteiger charge is -2.36. The van der Waals surface area contributed by atoms with Crippen molar-refractivity contribution in [1.29, 1.82) is 0 Å². The van der Waals surface area contributed by atoms with Crippen LogP contribution in [0.25, 0.3) is 11.0 Å². The molecule has 0 aliphatic carbocycles. The topological polar surface area (TPSA) is 39.9 Å². The van der Waals surface area contributed by atoms with Crippen molar-refractivity contribution in [3.05, 3.63) is 24.3 Å². The van der Waals surface area contributed by atoms with Crippen molar-refractivity contribution < 1.29 is 4.74 Å². The van der Waals surface area contributed by atoms with Crippen LogP contribution in [0.5, 0.6) is 0 Å². The van der Waals surface area contributed by atoms with Gasteiger partial charge in [0.1, 0.15) is 11.3 Å². The van der Waals surface area contributed by atoms with E-state index in [4.69, 9.17) is 21.3 Å². The third kappa shape index (κ3) is 2.23. The first-order valence-electron chi connectivity index (χ1n) is 6.70. The van der Waals surface area contributed by atoms with E-state index < -0.39 is 0 Å². The second-order valence-electron chi connectivity index (χ2n) is 5.28. The molecule has 1 saturated heterocycles. The van der Waals surface area contributed by atoms with Gasteiger partial charge in [-0.3, -0.25) is 4.98 Å². The highest BCUT2D eigenvalue weighted by Crippen LogP contribution is 2.33. The van der Waals surface area contributed by atoms with Crippen molar-refractivity contribution in [1.82, 2.24) is 14.5 Å². The Morgan fingerprint density at radius 1 is 1.42 bits per heavy atom. The molecule has 19 heavy (non-hydrogen) atoms. The summed E-state index contributed by atoms with van der Waals surface area (Å²) in [6.07, 6.45) is 6.46. The van der Waals surface area contributed by atoms with Crippen molar-refractivity contribution in [3.8, 4) is 0 Å². The van der Waals surface area contributed by atoms with E-state index in [1.807, 2.05) is 18.5 Å². The molecule has 3 rings (SSSR count). The molecule has 0 N–H and O–H groups in total. The number of hydrogen-bond donors (Lipinski definition) is 0. The minimum absolute atomic E-state index is 0.0652. The highest BCUT2D eigenvalue weighted by atomic mass is 35.5. The van der Waals surface area contributed by atoms with Crippen LogP contribution in [0.1, 0.15) is 25.6 Å². The molecule has 0 saturated carbocycles. The first-order chi connectivity index (χ1) is 9.24. The zero-order valence-electron chi connectivity index (χ0n) is 11.1. The molecule has 0 spiro atoms. The second kappa shape index (κ2) is 5.10. The smallest absolute Gasteiger partial charge is 0.111 e.